The molecule has 31 heavy (non-hydrogen) atoms. The van der Waals surface area contributed by atoms with E-state index in [0.717, 1.165) is 33.2 Å². The molecule has 6 nitrogen and oxygen atoms in total. The monoisotopic (exact) mass is 419 g/mol. The molecule has 2 N–H and O–H groups in total. The maximum atomic E-state index is 12.6. The molecule has 160 valence electrons. The van der Waals surface area contributed by atoms with Crippen LogP contribution in [-0.2, 0) is 11.2 Å². The number of amides is 1. The molecular weight excluding hydrogens is 394 g/mol. The normalized spacial score (nSPS) is 12.4. The van der Waals surface area contributed by atoms with Gasteiger partial charge in [-0.15, -0.1) is 0 Å². The minimum absolute atomic E-state index is 0.116. The van der Waals surface area contributed by atoms with Crippen molar-refractivity contribution in [2.24, 2.45) is 0 Å². The number of fused-ring (bicyclic) bond motifs is 2. The Hall–Kier alpha value is -3.38. The molecule has 4 aromatic rings. The molecule has 2 aromatic heterocycles. The van der Waals surface area contributed by atoms with E-state index >= 15 is 0 Å². The summed E-state index contributed by atoms with van der Waals surface area (Å²) in [4.78, 5) is 24.9. The van der Waals surface area contributed by atoms with Gasteiger partial charge in [0, 0.05) is 35.4 Å². The number of nitrogens with one attached hydrogen (secondary N) is 1. The summed E-state index contributed by atoms with van der Waals surface area (Å²) < 4.78 is 11.3. The van der Waals surface area contributed by atoms with Gasteiger partial charge >= 0.3 is 5.63 Å². The van der Waals surface area contributed by atoms with E-state index in [0.29, 0.717) is 16.7 Å². The Morgan fingerprint density at radius 1 is 1.00 bits per heavy atom. The van der Waals surface area contributed by atoms with E-state index < -0.39 is 11.7 Å². The fourth-order valence-corrected chi connectivity index (χ4v) is 3.84. The largest absolute Gasteiger partial charge is 0.461 e. The van der Waals surface area contributed by atoms with E-state index in [4.69, 9.17) is 8.83 Å². The van der Waals surface area contributed by atoms with E-state index in [2.05, 4.69) is 5.32 Å². The standard InChI is InChI=1S/C25H25NO5/c1-14-16(3)30-22-12-23-20(11-19(14)22)15(2)18(25(29)31-23)9-10-24(28)26-13-21(27)17-7-5-4-6-8-17/h4-8,11-12,21,27H,9-10,13H2,1-3H3,(H,26,28)/t21-/m1/s1. The first kappa shape index (κ1) is 20.9. The number of benzene rings is 2. The van der Waals surface area contributed by atoms with Crippen molar-refractivity contribution in [3.05, 3.63) is 80.9 Å². The summed E-state index contributed by atoms with van der Waals surface area (Å²) in [6.07, 6.45) is -0.384. The number of aliphatic hydroxyl groups is 1. The summed E-state index contributed by atoms with van der Waals surface area (Å²) in [5.41, 5.74) is 3.82. The quantitative estimate of drug-likeness (QED) is 0.456. The highest BCUT2D eigenvalue weighted by molar-refractivity contribution is 5.96. The molecule has 0 fully saturated rings. The number of aryl methyl sites for hydroxylation is 3. The summed E-state index contributed by atoms with van der Waals surface area (Å²) in [5, 5.41) is 14.7. The fraction of sp³-hybridized carbons (Fsp3) is 0.280. The molecule has 0 aliphatic heterocycles. The van der Waals surface area contributed by atoms with Gasteiger partial charge in [-0.3, -0.25) is 4.79 Å². The third-order valence-corrected chi connectivity index (χ3v) is 5.86. The Morgan fingerprint density at radius 2 is 1.68 bits per heavy atom. The predicted octanol–water partition coefficient (Wildman–Crippen LogP) is 4.25. The van der Waals surface area contributed by atoms with Crippen LogP contribution in [0.25, 0.3) is 21.9 Å². The van der Waals surface area contributed by atoms with Crippen LogP contribution < -0.4 is 10.9 Å². The predicted molar refractivity (Wildman–Crippen MR) is 119 cm³/mol. The lowest BCUT2D eigenvalue weighted by Crippen LogP contribution is -2.29. The zero-order valence-corrected chi connectivity index (χ0v) is 17.8. The smallest absolute Gasteiger partial charge is 0.339 e. The number of hydrogen-bond acceptors (Lipinski definition) is 5. The molecule has 0 unspecified atom stereocenters. The molecule has 0 saturated heterocycles. The van der Waals surface area contributed by atoms with Crippen molar-refractivity contribution in [2.45, 2.75) is 39.7 Å². The van der Waals surface area contributed by atoms with Crippen molar-refractivity contribution in [1.82, 2.24) is 5.32 Å². The molecule has 0 spiro atoms. The third-order valence-electron chi connectivity index (χ3n) is 5.86. The number of carbonyl (C=O) groups is 1. The van der Waals surface area contributed by atoms with Crippen molar-refractivity contribution >= 4 is 27.8 Å². The lowest BCUT2D eigenvalue weighted by atomic mass is 10.0. The van der Waals surface area contributed by atoms with Crippen molar-refractivity contribution in [3.8, 4) is 0 Å². The molecule has 0 bridgehead atoms. The highest BCUT2D eigenvalue weighted by Gasteiger charge is 2.17. The molecule has 0 aliphatic carbocycles. The summed E-state index contributed by atoms with van der Waals surface area (Å²) >= 11 is 0. The zero-order chi connectivity index (χ0) is 22.1. The molecule has 1 amide bonds. The minimum Gasteiger partial charge on any atom is -0.461 e. The number of rotatable bonds is 6. The summed E-state index contributed by atoms with van der Waals surface area (Å²) in [7, 11) is 0. The molecule has 0 radical (unpaired) electrons. The highest BCUT2D eigenvalue weighted by Crippen LogP contribution is 2.31. The van der Waals surface area contributed by atoms with E-state index in [-0.39, 0.29) is 25.3 Å². The van der Waals surface area contributed by atoms with Gasteiger partial charge in [0.2, 0.25) is 5.91 Å². The van der Waals surface area contributed by atoms with Gasteiger partial charge in [-0.25, -0.2) is 4.79 Å². The Morgan fingerprint density at radius 3 is 2.42 bits per heavy atom. The van der Waals surface area contributed by atoms with Crippen molar-refractivity contribution in [2.75, 3.05) is 6.54 Å². The average molecular weight is 419 g/mol. The Kier molecular flexibility index (Phi) is 5.65. The third kappa shape index (κ3) is 4.11. The molecule has 2 heterocycles. The van der Waals surface area contributed by atoms with Crippen LogP contribution in [0.15, 0.2) is 56.1 Å². The van der Waals surface area contributed by atoms with E-state index in [1.165, 1.54) is 0 Å². The number of hydrogen-bond donors (Lipinski definition) is 2. The minimum atomic E-state index is -0.776. The van der Waals surface area contributed by atoms with Gasteiger partial charge in [-0.05, 0) is 49.9 Å². The van der Waals surface area contributed by atoms with Crippen LogP contribution in [0.4, 0.5) is 0 Å². The number of aliphatic hydroxyl groups excluding tert-OH is 1. The number of carbonyl (C=O) groups excluding carboxylic acids is 1. The topological polar surface area (TPSA) is 92.7 Å². The summed E-state index contributed by atoms with van der Waals surface area (Å²) in [5.74, 6) is 0.602. The van der Waals surface area contributed by atoms with Crippen LogP contribution in [-0.4, -0.2) is 17.6 Å². The van der Waals surface area contributed by atoms with Gasteiger partial charge in [0.25, 0.3) is 0 Å². The maximum absolute atomic E-state index is 12.6. The van der Waals surface area contributed by atoms with Gasteiger partial charge in [0.1, 0.15) is 16.9 Å². The number of furan rings is 1. The first-order chi connectivity index (χ1) is 14.8. The second-order valence-electron chi connectivity index (χ2n) is 7.85. The molecule has 1 atom stereocenters. The highest BCUT2D eigenvalue weighted by atomic mass is 16.4. The van der Waals surface area contributed by atoms with Gasteiger partial charge < -0.3 is 19.3 Å². The second kappa shape index (κ2) is 8.40. The molecule has 0 saturated carbocycles. The van der Waals surface area contributed by atoms with Crippen LogP contribution in [0.3, 0.4) is 0 Å². The van der Waals surface area contributed by atoms with Crippen molar-refractivity contribution in [1.29, 1.82) is 0 Å². The van der Waals surface area contributed by atoms with Gasteiger partial charge in [-0.1, -0.05) is 30.3 Å². The Bertz CT molecular complexity index is 1320. The van der Waals surface area contributed by atoms with Crippen LogP contribution in [0.1, 0.15) is 40.5 Å². The first-order valence-electron chi connectivity index (χ1n) is 10.3. The van der Waals surface area contributed by atoms with Gasteiger partial charge in [-0.2, -0.15) is 0 Å². The molecule has 2 aromatic carbocycles. The van der Waals surface area contributed by atoms with Crippen LogP contribution in [0.2, 0.25) is 0 Å². The fourth-order valence-electron chi connectivity index (χ4n) is 3.84. The molecule has 6 heteroatoms. The zero-order valence-electron chi connectivity index (χ0n) is 17.8. The van der Waals surface area contributed by atoms with Crippen molar-refractivity contribution in [3.63, 3.8) is 0 Å². The SMILES string of the molecule is Cc1oc2cc3oc(=O)c(CCC(=O)NC[C@@H](O)c4ccccc4)c(C)c3cc2c1C. The average Bonchev–Trinajstić information content (AvgIpc) is 3.04. The van der Waals surface area contributed by atoms with Crippen LogP contribution >= 0.6 is 0 Å². The lowest BCUT2D eigenvalue weighted by molar-refractivity contribution is -0.121. The molecular formula is C25H25NO5. The molecule has 4 rings (SSSR count). The first-order valence-corrected chi connectivity index (χ1v) is 10.3. The summed E-state index contributed by atoms with van der Waals surface area (Å²) in [6.45, 7) is 5.89. The van der Waals surface area contributed by atoms with Crippen LogP contribution in [0, 0.1) is 20.8 Å². The second-order valence-corrected chi connectivity index (χ2v) is 7.85. The maximum Gasteiger partial charge on any atom is 0.339 e. The van der Waals surface area contributed by atoms with Gasteiger partial charge in [0.05, 0.1) is 6.10 Å². The summed E-state index contributed by atoms with van der Waals surface area (Å²) in [6, 6.07) is 12.9. The van der Waals surface area contributed by atoms with Crippen LogP contribution in [0.5, 0.6) is 0 Å². The van der Waals surface area contributed by atoms with E-state index in [9.17, 15) is 14.7 Å². The van der Waals surface area contributed by atoms with E-state index in [1.807, 2.05) is 45.0 Å². The van der Waals surface area contributed by atoms with Crippen molar-refractivity contribution < 1.29 is 18.7 Å². The van der Waals surface area contributed by atoms with E-state index in [1.54, 1.807) is 18.2 Å². The Balaban J connectivity index is 1.50. The lowest BCUT2D eigenvalue weighted by Gasteiger charge is -2.12. The Labute approximate surface area is 179 Å². The molecule has 0 aliphatic rings. The van der Waals surface area contributed by atoms with Gasteiger partial charge in [0.15, 0.2) is 0 Å².